The van der Waals surface area contributed by atoms with Crippen molar-refractivity contribution in [3.05, 3.63) is 11.8 Å². The predicted octanol–water partition coefficient (Wildman–Crippen LogP) is 4.50. The minimum atomic E-state index is -0.638. The quantitative estimate of drug-likeness (QED) is 0.320. The number of methoxy groups -OCH3 is 1. The summed E-state index contributed by atoms with van der Waals surface area (Å²) in [6.07, 6.45) is 6.79. The first-order chi connectivity index (χ1) is 13.4. The molecule has 2 unspecified atom stereocenters. The average Bonchev–Trinajstić information content (AvgIpc) is 3.14. The van der Waals surface area contributed by atoms with Gasteiger partial charge in [-0.15, -0.1) is 4.37 Å². The number of carbonyl (C=O) groups is 1. The van der Waals surface area contributed by atoms with Crippen LogP contribution in [-0.4, -0.2) is 59.5 Å². The van der Waals surface area contributed by atoms with Gasteiger partial charge in [0, 0.05) is 17.9 Å². The van der Waals surface area contributed by atoms with E-state index < -0.39 is 6.16 Å². The van der Waals surface area contributed by atoms with Gasteiger partial charge in [-0.25, -0.2) is 4.79 Å². The third kappa shape index (κ3) is 5.91. The molecule has 0 saturated carbocycles. The van der Waals surface area contributed by atoms with Crippen LogP contribution in [0.3, 0.4) is 0 Å². The molecule has 2 heterocycles. The second kappa shape index (κ2) is 10.8. The number of hydrogen-bond donors (Lipinski definition) is 0. The van der Waals surface area contributed by atoms with E-state index in [2.05, 4.69) is 42.6 Å². The molecular formula is C20H34N3O4S+. The molecule has 0 radical (unpaired) electrons. The average molecular weight is 413 g/mol. The van der Waals surface area contributed by atoms with Gasteiger partial charge in [-0.3, -0.25) is 4.48 Å². The monoisotopic (exact) mass is 412 g/mol. The summed E-state index contributed by atoms with van der Waals surface area (Å²) < 4.78 is 25.7. The fraction of sp³-hybridized carbons (Fsp3) is 0.750. The molecule has 158 valence electrons. The molecule has 1 aliphatic heterocycles. The number of rotatable bonds is 10. The van der Waals surface area contributed by atoms with Crippen molar-refractivity contribution in [2.24, 2.45) is 5.92 Å². The van der Waals surface area contributed by atoms with Crippen LogP contribution in [0.4, 0.5) is 4.79 Å². The molecule has 2 rings (SSSR count). The number of aromatic nitrogens is 2. The Morgan fingerprint density at radius 3 is 2.75 bits per heavy atom. The van der Waals surface area contributed by atoms with E-state index in [0.717, 1.165) is 30.7 Å². The molecule has 0 bridgehead atoms. The van der Waals surface area contributed by atoms with Gasteiger partial charge in [0.05, 0.1) is 39.0 Å². The summed E-state index contributed by atoms with van der Waals surface area (Å²) in [6, 6.07) is 0. The van der Waals surface area contributed by atoms with Crippen molar-refractivity contribution in [2.75, 3.05) is 33.9 Å². The van der Waals surface area contributed by atoms with E-state index in [1.807, 2.05) is 0 Å². The van der Waals surface area contributed by atoms with Crippen molar-refractivity contribution >= 4 is 23.5 Å². The SMILES string of the molecule is CCCCCCOc1nsnc1C1=CCC[N+](C)(C(OC(=O)OC)C(C)C)C1. The van der Waals surface area contributed by atoms with Crippen molar-refractivity contribution in [3.63, 3.8) is 0 Å². The number of carbonyl (C=O) groups excluding carboxylic acids is 1. The molecule has 8 heteroatoms. The Morgan fingerprint density at radius 2 is 2.07 bits per heavy atom. The van der Waals surface area contributed by atoms with Gasteiger partial charge in [-0.05, 0) is 6.42 Å². The van der Waals surface area contributed by atoms with E-state index in [4.69, 9.17) is 14.2 Å². The van der Waals surface area contributed by atoms with E-state index in [1.165, 1.54) is 38.1 Å². The van der Waals surface area contributed by atoms with Crippen LogP contribution in [0.5, 0.6) is 5.88 Å². The molecule has 0 saturated heterocycles. The van der Waals surface area contributed by atoms with Crippen LogP contribution in [0.25, 0.3) is 5.57 Å². The molecule has 0 fully saturated rings. The third-order valence-electron chi connectivity index (χ3n) is 5.13. The van der Waals surface area contributed by atoms with Crippen LogP contribution in [-0.2, 0) is 9.47 Å². The molecule has 0 aliphatic carbocycles. The van der Waals surface area contributed by atoms with Crippen molar-refractivity contribution in [1.29, 1.82) is 0 Å². The van der Waals surface area contributed by atoms with Crippen molar-refractivity contribution < 1.29 is 23.5 Å². The van der Waals surface area contributed by atoms with Gasteiger partial charge in [0.25, 0.3) is 5.88 Å². The van der Waals surface area contributed by atoms with Crippen LogP contribution in [0.15, 0.2) is 6.08 Å². The van der Waals surface area contributed by atoms with Crippen LogP contribution < -0.4 is 4.74 Å². The zero-order valence-corrected chi connectivity index (χ0v) is 18.6. The van der Waals surface area contributed by atoms with Crippen LogP contribution in [0, 0.1) is 5.92 Å². The highest BCUT2D eigenvalue weighted by Crippen LogP contribution is 2.33. The fourth-order valence-corrected chi connectivity index (χ4v) is 4.29. The van der Waals surface area contributed by atoms with Gasteiger partial charge in [-0.1, -0.05) is 46.1 Å². The smallest absolute Gasteiger partial charge is 0.475 e. The molecule has 0 spiro atoms. The Kier molecular flexibility index (Phi) is 8.69. The molecule has 0 aromatic carbocycles. The van der Waals surface area contributed by atoms with Gasteiger partial charge >= 0.3 is 6.16 Å². The minimum absolute atomic E-state index is 0.159. The zero-order chi connectivity index (χ0) is 20.6. The summed E-state index contributed by atoms with van der Waals surface area (Å²) in [5.41, 5.74) is 1.93. The number of hydrogen-bond acceptors (Lipinski definition) is 7. The molecule has 1 aromatic rings. The summed E-state index contributed by atoms with van der Waals surface area (Å²) in [5, 5.41) is 0. The number of likely N-dealkylation sites (N-methyl/N-ethyl adjacent to an activating group) is 1. The van der Waals surface area contributed by atoms with Crippen LogP contribution >= 0.6 is 11.7 Å². The molecule has 1 aliphatic rings. The molecule has 1 aromatic heterocycles. The van der Waals surface area contributed by atoms with E-state index in [-0.39, 0.29) is 12.1 Å². The normalized spacial score (nSPS) is 20.6. The van der Waals surface area contributed by atoms with Crippen LogP contribution in [0.1, 0.15) is 58.6 Å². The predicted molar refractivity (Wildman–Crippen MR) is 110 cm³/mol. The lowest BCUT2D eigenvalue weighted by Crippen LogP contribution is -2.58. The lowest BCUT2D eigenvalue weighted by atomic mass is 10.0. The highest BCUT2D eigenvalue weighted by atomic mass is 32.1. The summed E-state index contributed by atoms with van der Waals surface area (Å²) >= 11 is 1.18. The first-order valence-corrected chi connectivity index (χ1v) is 10.9. The Labute approximate surface area is 172 Å². The number of unbranched alkanes of at least 4 members (excludes halogenated alkanes) is 3. The van der Waals surface area contributed by atoms with E-state index >= 15 is 0 Å². The van der Waals surface area contributed by atoms with Gasteiger partial charge in [0.1, 0.15) is 12.2 Å². The van der Waals surface area contributed by atoms with E-state index in [0.29, 0.717) is 23.5 Å². The number of ether oxygens (including phenoxy) is 3. The zero-order valence-electron chi connectivity index (χ0n) is 17.8. The summed E-state index contributed by atoms with van der Waals surface area (Å²) in [5.74, 6) is 0.780. The molecular weight excluding hydrogens is 378 g/mol. The standard InChI is InChI=1S/C20H34N3O4S/c1-6-7-8-9-13-26-18-17(21-28-22-18)16-11-10-12-23(4,14-16)19(15(2)3)27-20(24)25-5/h11,15,19H,6-10,12-14H2,1-5H3/q+1. The first-order valence-electron chi connectivity index (χ1n) is 10.1. The van der Waals surface area contributed by atoms with Gasteiger partial charge in [0.2, 0.25) is 6.23 Å². The van der Waals surface area contributed by atoms with E-state index in [1.54, 1.807) is 0 Å². The lowest BCUT2D eigenvalue weighted by Gasteiger charge is -2.43. The minimum Gasteiger partial charge on any atom is -0.475 e. The third-order valence-corrected chi connectivity index (χ3v) is 5.64. The maximum atomic E-state index is 11.8. The van der Waals surface area contributed by atoms with Gasteiger partial charge < -0.3 is 14.2 Å². The Balaban J connectivity index is 2.09. The first kappa shape index (κ1) is 22.6. The van der Waals surface area contributed by atoms with E-state index in [9.17, 15) is 4.79 Å². The molecule has 0 N–H and O–H groups in total. The Bertz CT molecular complexity index is 662. The molecule has 28 heavy (non-hydrogen) atoms. The largest absolute Gasteiger partial charge is 0.512 e. The second-order valence-corrected chi connectivity index (χ2v) is 8.44. The maximum absolute atomic E-state index is 11.8. The van der Waals surface area contributed by atoms with Gasteiger partial charge in [-0.2, -0.15) is 4.37 Å². The topological polar surface area (TPSA) is 70.5 Å². The summed E-state index contributed by atoms with van der Waals surface area (Å²) in [7, 11) is 3.46. The van der Waals surface area contributed by atoms with Crippen LogP contribution in [0.2, 0.25) is 0 Å². The van der Waals surface area contributed by atoms with Gasteiger partial charge in [0.15, 0.2) is 0 Å². The Hall–Kier alpha value is -1.67. The lowest BCUT2D eigenvalue weighted by molar-refractivity contribution is -0.950. The Morgan fingerprint density at radius 1 is 1.29 bits per heavy atom. The highest BCUT2D eigenvalue weighted by molar-refractivity contribution is 6.99. The second-order valence-electron chi connectivity index (χ2n) is 7.91. The van der Waals surface area contributed by atoms with Crippen molar-refractivity contribution in [1.82, 2.24) is 8.75 Å². The maximum Gasteiger partial charge on any atom is 0.512 e. The van der Waals surface area contributed by atoms with Crippen molar-refractivity contribution in [2.45, 2.75) is 59.1 Å². The summed E-state index contributed by atoms with van der Waals surface area (Å²) in [6.45, 7) is 8.57. The number of nitrogens with zero attached hydrogens (tertiary/aromatic N) is 3. The van der Waals surface area contributed by atoms with Crippen molar-refractivity contribution in [3.8, 4) is 5.88 Å². The molecule has 2 atom stereocenters. The summed E-state index contributed by atoms with van der Waals surface area (Å²) in [4.78, 5) is 11.8. The molecule has 0 amide bonds. The number of quaternary nitrogens is 1. The highest BCUT2D eigenvalue weighted by Gasteiger charge is 2.41. The fourth-order valence-electron chi connectivity index (χ4n) is 3.75. The molecule has 7 nitrogen and oxygen atoms in total.